The van der Waals surface area contributed by atoms with Gasteiger partial charge < -0.3 is 15.6 Å². The highest BCUT2D eigenvalue weighted by molar-refractivity contribution is 5.68. The van der Waals surface area contributed by atoms with Crippen LogP contribution in [0.3, 0.4) is 0 Å². The summed E-state index contributed by atoms with van der Waals surface area (Å²) in [6.07, 6.45) is -4.70. The fourth-order valence-electron chi connectivity index (χ4n) is 1.54. The predicted molar refractivity (Wildman–Crippen MR) is 51.4 cm³/mol. The van der Waals surface area contributed by atoms with Gasteiger partial charge in [0, 0.05) is 0 Å². The highest BCUT2D eigenvalue weighted by atomic mass is 19.4. The summed E-state index contributed by atoms with van der Waals surface area (Å²) in [4.78, 5) is 10.7. The van der Waals surface area contributed by atoms with Gasteiger partial charge in [-0.15, -0.1) is 0 Å². The molecule has 0 fully saturated rings. The van der Waals surface area contributed by atoms with Crippen molar-refractivity contribution in [2.45, 2.75) is 12.6 Å². The van der Waals surface area contributed by atoms with Crippen LogP contribution in [0, 0.1) is 5.92 Å². The summed E-state index contributed by atoms with van der Waals surface area (Å²) in [5.74, 6) is -2.38. The lowest BCUT2D eigenvalue weighted by Gasteiger charge is -2.17. The molecule has 94 valence electrons. The molecular formula is C11H12F3NO2. The Hall–Kier alpha value is -1.56. The van der Waals surface area contributed by atoms with Crippen LogP contribution in [0.5, 0.6) is 0 Å². The molecule has 6 heteroatoms. The number of alkyl halides is 3. The van der Waals surface area contributed by atoms with Crippen LogP contribution >= 0.6 is 0 Å². The van der Waals surface area contributed by atoms with Gasteiger partial charge in [0.15, 0.2) is 0 Å². The number of carbonyl (C=O) groups is 1. The lowest BCUT2D eigenvalue weighted by Crippen LogP contribution is -2.57. The summed E-state index contributed by atoms with van der Waals surface area (Å²) in [6.45, 7) is -0.00543. The van der Waals surface area contributed by atoms with Crippen molar-refractivity contribution >= 4 is 5.97 Å². The van der Waals surface area contributed by atoms with Crippen molar-refractivity contribution in [3.63, 3.8) is 0 Å². The molecule has 0 heterocycles. The number of benzene rings is 1. The van der Waals surface area contributed by atoms with Gasteiger partial charge in [0.1, 0.15) is 0 Å². The van der Waals surface area contributed by atoms with Gasteiger partial charge in [0.05, 0.1) is 24.0 Å². The van der Waals surface area contributed by atoms with Crippen molar-refractivity contribution in [1.82, 2.24) is 0 Å². The Bertz CT molecular complexity index is 404. The summed E-state index contributed by atoms with van der Waals surface area (Å²) in [5.41, 5.74) is 2.54. The van der Waals surface area contributed by atoms with Gasteiger partial charge in [0.25, 0.3) is 0 Å². The third-order valence-corrected chi connectivity index (χ3v) is 2.47. The molecule has 1 aromatic rings. The first-order valence-electron chi connectivity index (χ1n) is 5.01. The minimum absolute atomic E-state index is 0.00543. The van der Waals surface area contributed by atoms with Gasteiger partial charge in [-0.2, -0.15) is 13.2 Å². The smallest absolute Gasteiger partial charge is 0.416 e. The summed E-state index contributed by atoms with van der Waals surface area (Å²) >= 11 is 0. The third kappa shape index (κ3) is 3.45. The van der Waals surface area contributed by atoms with Crippen molar-refractivity contribution < 1.29 is 28.8 Å². The van der Waals surface area contributed by atoms with Crippen LogP contribution in [-0.2, 0) is 17.4 Å². The first kappa shape index (κ1) is 13.5. The van der Waals surface area contributed by atoms with E-state index in [0.717, 1.165) is 6.07 Å². The van der Waals surface area contributed by atoms with E-state index in [9.17, 15) is 23.1 Å². The zero-order valence-corrected chi connectivity index (χ0v) is 8.96. The quantitative estimate of drug-likeness (QED) is 0.804. The Balaban J connectivity index is 3.02. The topological polar surface area (TPSA) is 67.8 Å². The van der Waals surface area contributed by atoms with Crippen LogP contribution in [0.2, 0.25) is 0 Å². The molecule has 0 saturated carbocycles. The van der Waals surface area contributed by atoms with E-state index in [1.807, 2.05) is 0 Å². The standard InChI is InChI=1S/C11H12F3NO2/c12-11(13,14)9-4-2-1-3-7(9)5-8(6-15)10(16)17/h1-4,8H,5-6,15H2,(H,16,17)/t8-/m1/s1. The van der Waals surface area contributed by atoms with Crippen molar-refractivity contribution in [1.29, 1.82) is 0 Å². The van der Waals surface area contributed by atoms with Crippen molar-refractivity contribution in [3.8, 4) is 0 Å². The molecule has 0 aliphatic heterocycles. The predicted octanol–water partition coefficient (Wildman–Crippen LogP) is -0.144. The first-order chi connectivity index (χ1) is 7.86. The molecule has 1 aromatic carbocycles. The highest BCUT2D eigenvalue weighted by Gasteiger charge is 2.33. The maximum Gasteiger partial charge on any atom is 0.416 e. The molecule has 0 spiro atoms. The normalized spacial score (nSPS) is 13.4. The lowest BCUT2D eigenvalue weighted by atomic mass is 9.95. The number of halogens is 3. The van der Waals surface area contributed by atoms with Crippen LogP contribution in [0.25, 0.3) is 0 Å². The molecule has 0 unspecified atom stereocenters. The minimum atomic E-state index is -4.48. The molecule has 0 radical (unpaired) electrons. The van der Waals surface area contributed by atoms with E-state index in [1.165, 1.54) is 18.2 Å². The van der Waals surface area contributed by atoms with E-state index in [2.05, 4.69) is 5.73 Å². The number of aliphatic carboxylic acids is 1. The lowest BCUT2D eigenvalue weighted by molar-refractivity contribution is -0.387. The molecule has 1 atom stereocenters. The number of hydrogen-bond acceptors (Lipinski definition) is 2. The average molecular weight is 247 g/mol. The van der Waals surface area contributed by atoms with Crippen LogP contribution in [0.15, 0.2) is 24.3 Å². The maximum absolute atomic E-state index is 12.6. The van der Waals surface area contributed by atoms with Crippen LogP contribution in [0.4, 0.5) is 13.2 Å². The van der Waals surface area contributed by atoms with E-state index in [4.69, 9.17) is 0 Å². The largest absolute Gasteiger partial charge is 0.550 e. The Kier molecular flexibility index (Phi) is 4.11. The number of rotatable bonds is 4. The maximum atomic E-state index is 12.6. The number of carboxylic acid groups (broad SMARTS) is 1. The molecule has 0 aliphatic carbocycles. The van der Waals surface area contributed by atoms with E-state index < -0.39 is 23.6 Å². The van der Waals surface area contributed by atoms with Crippen LogP contribution in [-0.4, -0.2) is 12.5 Å². The second kappa shape index (κ2) is 5.18. The summed E-state index contributed by atoms with van der Waals surface area (Å²) in [7, 11) is 0. The molecule has 3 N–H and O–H groups in total. The zero-order chi connectivity index (χ0) is 13.1. The van der Waals surface area contributed by atoms with Crippen molar-refractivity contribution in [2.75, 3.05) is 6.54 Å². The molecule has 0 amide bonds. The van der Waals surface area contributed by atoms with Gasteiger partial charge in [-0.1, -0.05) is 18.2 Å². The van der Waals surface area contributed by atoms with Gasteiger partial charge in [-0.05, 0) is 18.1 Å². The Morgan fingerprint density at radius 2 is 1.94 bits per heavy atom. The monoisotopic (exact) mass is 247 g/mol. The molecule has 3 nitrogen and oxygen atoms in total. The molecule has 17 heavy (non-hydrogen) atoms. The Morgan fingerprint density at radius 3 is 2.41 bits per heavy atom. The van der Waals surface area contributed by atoms with Gasteiger partial charge in [0.2, 0.25) is 0 Å². The van der Waals surface area contributed by atoms with Crippen molar-refractivity contribution in [3.05, 3.63) is 35.4 Å². The fraction of sp³-hybridized carbons (Fsp3) is 0.364. The minimum Gasteiger partial charge on any atom is -0.550 e. The third-order valence-electron chi connectivity index (χ3n) is 2.47. The van der Waals surface area contributed by atoms with E-state index in [0.29, 0.717) is 0 Å². The van der Waals surface area contributed by atoms with Crippen molar-refractivity contribution in [2.24, 2.45) is 5.92 Å². The number of carbonyl (C=O) groups excluding carboxylic acids is 1. The molecule has 0 aliphatic rings. The zero-order valence-electron chi connectivity index (χ0n) is 8.96. The average Bonchev–Trinajstić information content (AvgIpc) is 2.24. The molecule has 0 saturated heterocycles. The molecule has 1 rings (SSSR count). The van der Waals surface area contributed by atoms with Crippen LogP contribution < -0.4 is 10.8 Å². The first-order valence-corrected chi connectivity index (χ1v) is 5.01. The summed E-state index contributed by atoms with van der Waals surface area (Å²) in [6, 6.07) is 4.92. The number of hydrogen-bond donors (Lipinski definition) is 1. The molecule has 0 aromatic heterocycles. The van der Waals surface area contributed by atoms with Gasteiger partial charge >= 0.3 is 6.18 Å². The fourth-order valence-corrected chi connectivity index (χ4v) is 1.54. The van der Waals surface area contributed by atoms with Crippen LogP contribution in [0.1, 0.15) is 11.1 Å². The number of quaternary nitrogens is 1. The summed E-state index contributed by atoms with van der Waals surface area (Å²) in [5, 5.41) is 10.7. The summed E-state index contributed by atoms with van der Waals surface area (Å²) < 4.78 is 37.9. The van der Waals surface area contributed by atoms with E-state index in [1.54, 1.807) is 0 Å². The Labute approximate surface area is 96.0 Å². The SMILES string of the molecule is [NH3+]C[C@@H](Cc1ccccc1C(F)(F)F)C(=O)[O-]. The van der Waals surface area contributed by atoms with Gasteiger partial charge in [-0.3, -0.25) is 0 Å². The highest BCUT2D eigenvalue weighted by Crippen LogP contribution is 2.32. The number of carboxylic acids is 1. The van der Waals surface area contributed by atoms with Gasteiger partial charge in [-0.25, -0.2) is 0 Å². The van der Waals surface area contributed by atoms with E-state index >= 15 is 0 Å². The molecule has 0 bridgehead atoms. The van der Waals surface area contributed by atoms with E-state index in [-0.39, 0.29) is 18.5 Å². The molecular weight excluding hydrogens is 235 g/mol. The second-order valence-electron chi connectivity index (χ2n) is 3.66. The Morgan fingerprint density at radius 1 is 1.35 bits per heavy atom. The second-order valence-corrected chi connectivity index (χ2v) is 3.66.